The van der Waals surface area contributed by atoms with Crippen LogP contribution in [0.3, 0.4) is 0 Å². The van der Waals surface area contributed by atoms with Crippen molar-refractivity contribution in [2.45, 2.75) is 18.4 Å². The molecule has 28 heavy (non-hydrogen) atoms. The van der Waals surface area contributed by atoms with E-state index in [0.29, 0.717) is 17.2 Å². The summed E-state index contributed by atoms with van der Waals surface area (Å²) in [7, 11) is 1.60. The monoisotopic (exact) mass is 396 g/mol. The van der Waals surface area contributed by atoms with Gasteiger partial charge in [-0.1, -0.05) is 24.8 Å². The van der Waals surface area contributed by atoms with E-state index in [2.05, 4.69) is 18.3 Å². The SMILES string of the molecule is CCc1cc2cc3c(cc2nc1SCC(=O)Nc1cccc(OC)c1)OCO3. The van der Waals surface area contributed by atoms with Crippen LogP contribution in [-0.4, -0.2) is 30.5 Å². The molecule has 0 saturated heterocycles. The average Bonchev–Trinajstić information content (AvgIpc) is 3.17. The van der Waals surface area contributed by atoms with E-state index in [4.69, 9.17) is 19.2 Å². The molecule has 0 aliphatic carbocycles. The number of anilines is 1. The first kappa shape index (κ1) is 18.4. The molecule has 0 radical (unpaired) electrons. The second-order valence-corrected chi connectivity index (χ2v) is 7.24. The highest BCUT2D eigenvalue weighted by Gasteiger charge is 2.17. The lowest BCUT2D eigenvalue weighted by molar-refractivity contribution is -0.113. The predicted octanol–water partition coefficient (Wildman–Crippen LogP) is 4.27. The maximum atomic E-state index is 12.4. The minimum atomic E-state index is -0.0899. The lowest BCUT2D eigenvalue weighted by Crippen LogP contribution is -2.14. The first-order chi connectivity index (χ1) is 13.7. The third kappa shape index (κ3) is 3.84. The number of carbonyl (C=O) groups is 1. The molecule has 1 aliphatic heterocycles. The lowest BCUT2D eigenvalue weighted by atomic mass is 10.1. The Morgan fingerprint density at radius 1 is 1.21 bits per heavy atom. The highest BCUT2D eigenvalue weighted by Crippen LogP contribution is 2.37. The Morgan fingerprint density at radius 2 is 2.04 bits per heavy atom. The number of hydrogen-bond donors (Lipinski definition) is 1. The molecule has 1 aromatic heterocycles. The van der Waals surface area contributed by atoms with E-state index in [1.165, 1.54) is 11.8 Å². The van der Waals surface area contributed by atoms with Gasteiger partial charge in [-0.2, -0.15) is 0 Å². The van der Waals surface area contributed by atoms with E-state index in [0.717, 1.165) is 33.7 Å². The van der Waals surface area contributed by atoms with E-state index in [-0.39, 0.29) is 18.5 Å². The summed E-state index contributed by atoms with van der Waals surface area (Å²) >= 11 is 1.43. The molecule has 1 aliphatic rings. The summed E-state index contributed by atoms with van der Waals surface area (Å²) in [5.41, 5.74) is 2.64. The van der Waals surface area contributed by atoms with Crippen LogP contribution in [0.25, 0.3) is 10.9 Å². The molecular weight excluding hydrogens is 376 g/mol. The number of ether oxygens (including phenoxy) is 3. The molecule has 0 fully saturated rings. The molecule has 2 heterocycles. The van der Waals surface area contributed by atoms with Crippen LogP contribution < -0.4 is 19.5 Å². The standard InChI is InChI=1S/C21H20N2O4S/c1-3-13-7-14-8-18-19(27-12-26-18)10-17(14)23-21(13)28-11-20(24)22-15-5-4-6-16(9-15)25-2/h4-10H,3,11-12H2,1-2H3,(H,22,24). The van der Waals surface area contributed by atoms with E-state index in [1.807, 2.05) is 30.3 Å². The normalized spacial score (nSPS) is 12.2. The molecule has 3 aromatic rings. The van der Waals surface area contributed by atoms with Crippen LogP contribution in [-0.2, 0) is 11.2 Å². The zero-order valence-electron chi connectivity index (χ0n) is 15.7. The number of hydrogen-bond acceptors (Lipinski definition) is 6. The summed E-state index contributed by atoms with van der Waals surface area (Å²) in [4.78, 5) is 17.1. The number of nitrogens with zero attached hydrogens (tertiary/aromatic N) is 1. The van der Waals surface area contributed by atoms with Crippen molar-refractivity contribution < 1.29 is 19.0 Å². The first-order valence-electron chi connectivity index (χ1n) is 8.96. The quantitative estimate of drug-likeness (QED) is 0.628. The minimum absolute atomic E-state index is 0.0899. The fraction of sp³-hybridized carbons (Fsp3) is 0.238. The zero-order valence-corrected chi connectivity index (χ0v) is 16.5. The Labute approximate surface area is 167 Å². The van der Waals surface area contributed by atoms with Crippen LogP contribution in [0.5, 0.6) is 17.2 Å². The van der Waals surface area contributed by atoms with Crippen LogP contribution in [0.2, 0.25) is 0 Å². The van der Waals surface area contributed by atoms with Crippen LogP contribution in [0, 0.1) is 0 Å². The second-order valence-electron chi connectivity index (χ2n) is 6.27. The Balaban J connectivity index is 1.50. The highest BCUT2D eigenvalue weighted by atomic mass is 32.2. The molecule has 2 aromatic carbocycles. The van der Waals surface area contributed by atoms with Gasteiger partial charge in [-0.3, -0.25) is 4.79 Å². The summed E-state index contributed by atoms with van der Waals surface area (Å²) in [5, 5.41) is 4.75. The summed E-state index contributed by atoms with van der Waals surface area (Å²) in [6.45, 7) is 2.31. The van der Waals surface area contributed by atoms with Gasteiger partial charge in [0.05, 0.1) is 18.4 Å². The van der Waals surface area contributed by atoms with E-state index in [1.54, 1.807) is 13.2 Å². The summed E-state index contributed by atoms with van der Waals surface area (Å²) < 4.78 is 16.1. The summed E-state index contributed by atoms with van der Waals surface area (Å²) in [6, 6.07) is 13.2. The lowest BCUT2D eigenvalue weighted by Gasteiger charge is -2.10. The smallest absolute Gasteiger partial charge is 0.234 e. The van der Waals surface area contributed by atoms with Crippen molar-refractivity contribution in [2.24, 2.45) is 0 Å². The van der Waals surface area contributed by atoms with Gasteiger partial charge in [0.2, 0.25) is 12.7 Å². The molecule has 1 N–H and O–H groups in total. The number of fused-ring (bicyclic) bond motifs is 2. The fourth-order valence-corrected chi connectivity index (χ4v) is 3.89. The Morgan fingerprint density at radius 3 is 2.82 bits per heavy atom. The van der Waals surface area contributed by atoms with Gasteiger partial charge < -0.3 is 19.5 Å². The predicted molar refractivity (Wildman–Crippen MR) is 110 cm³/mol. The number of pyridine rings is 1. The number of benzene rings is 2. The van der Waals surface area contributed by atoms with Gasteiger partial charge in [-0.05, 0) is 36.2 Å². The minimum Gasteiger partial charge on any atom is -0.497 e. The Bertz CT molecular complexity index is 1040. The van der Waals surface area contributed by atoms with E-state index >= 15 is 0 Å². The maximum absolute atomic E-state index is 12.4. The Kier molecular flexibility index (Phi) is 5.25. The third-order valence-electron chi connectivity index (χ3n) is 4.42. The number of rotatable bonds is 6. The molecule has 144 valence electrons. The van der Waals surface area contributed by atoms with E-state index < -0.39 is 0 Å². The summed E-state index contributed by atoms with van der Waals surface area (Å²) in [5.74, 6) is 2.33. The number of aryl methyl sites for hydroxylation is 1. The molecule has 6 nitrogen and oxygen atoms in total. The number of thioether (sulfide) groups is 1. The van der Waals surface area contributed by atoms with Crippen LogP contribution in [0.15, 0.2) is 47.5 Å². The van der Waals surface area contributed by atoms with Crippen LogP contribution in [0.4, 0.5) is 5.69 Å². The largest absolute Gasteiger partial charge is 0.497 e. The average molecular weight is 396 g/mol. The van der Waals surface area contributed by atoms with Crippen molar-refractivity contribution in [3.8, 4) is 17.2 Å². The number of amides is 1. The number of aromatic nitrogens is 1. The van der Waals surface area contributed by atoms with E-state index in [9.17, 15) is 4.79 Å². The molecule has 0 atom stereocenters. The third-order valence-corrected chi connectivity index (χ3v) is 5.46. The van der Waals surface area contributed by atoms with Gasteiger partial charge in [-0.25, -0.2) is 4.98 Å². The fourth-order valence-electron chi connectivity index (χ4n) is 3.00. The van der Waals surface area contributed by atoms with Crippen molar-refractivity contribution >= 4 is 34.3 Å². The van der Waals surface area contributed by atoms with Gasteiger partial charge >= 0.3 is 0 Å². The van der Waals surface area contributed by atoms with Crippen molar-refractivity contribution in [3.63, 3.8) is 0 Å². The first-order valence-corrected chi connectivity index (χ1v) is 9.95. The topological polar surface area (TPSA) is 69.7 Å². The van der Waals surface area contributed by atoms with Crippen molar-refractivity contribution in [2.75, 3.05) is 25.0 Å². The number of nitrogens with one attached hydrogen (secondary N) is 1. The van der Waals surface area contributed by atoms with Crippen LogP contribution >= 0.6 is 11.8 Å². The molecule has 0 unspecified atom stereocenters. The molecule has 7 heteroatoms. The van der Waals surface area contributed by atoms with Gasteiger partial charge in [0.1, 0.15) is 10.8 Å². The molecule has 0 bridgehead atoms. The van der Waals surface area contributed by atoms with Crippen LogP contribution in [0.1, 0.15) is 12.5 Å². The van der Waals surface area contributed by atoms with Gasteiger partial charge in [0, 0.05) is 23.2 Å². The molecule has 1 amide bonds. The van der Waals surface area contributed by atoms with Crippen molar-refractivity contribution in [3.05, 3.63) is 48.0 Å². The number of carbonyl (C=O) groups excluding carboxylic acids is 1. The maximum Gasteiger partial charge on any atom is 0.234 e. The van der Waals surface area contributed by atoms with Gasteiger partial charge in [0.25, 0.3) is 0 Å². The second kappa shape index (κ2) is 7.98. The van der Waals surface area contributed by atoms with Gasteiger partial charge in [0.15, 0.2) is 11.5 Å². The molecule has 0 spiro atoms. The van der Waals surface area contributed by atoms with Crippen molar-refractivity contribution in [1.29, 1.82) is 0 Å². The summed E-state index contributed by atoms with van der Waals surface area (Å²) in [6.07, 6.45) is 0.831. The van der Waals surface area contributed by atoms with Gasteiger partial charge in [-0.15, -0.1) is 0 Å². The highest BCUT2D eigenvalue weighted by molar-refractivity contribution is 8.00. The van der Waals surface area contributed by atoms with Crippen molar-refractivity contribution in [1.82, 2.24) is 4.98 Å². The number of methoxy groups -OCH3 is 1. The molecule has 0 saturated carbocycles. The molecular formula is C21H20N2O4S. The Hall–Kier alpha value is -2.93. The molecule has 4 rings (SSSR count). The zero-order chi connectivity index (χ0) is 19.5.